The number of alkyl halides is 2. The monoisotopic (exact) mass is 908 g/mol. The molecule has 4 aliphatic heterocycles. The maximum absolute atomic E-state index is 15.6. The van der Waals surface area contributed by atoms with Gasteiger partial charge in [-0.05, 0) is 75.7 Å². The lowest BCUT2D eigenvalue weighted by molar-refractivity contribution is -0.131. The van der Waals surface area contributed by atoms with Crippen LogP contribution in [-0.2, 0) is 26.9 Å². The molecule has 348 valence electrons. The molecule has 5 aliphatic rings. The summed E-state index contributed by atoms with van der Waals surface area (Å²) in [6, 6.07) is 7.16. The summed E-state index contributed by atoms with van der Waals surface area (Å²) >= 11 is 0. The highest BCUT2D eigenvalue weighted by atomic mass is 19.3. The first-order chi connectivity index (χ1) is 32.1. The van der Waals surface area contributed by atoms with Gasteiger partial charge in [-0.1, -0.05) is 30.5 Å². The van der Waals surface area contributed by atoms with Crippen molar-refractivity contribution in [2.24, 2.45) is 18.4 Å². The number of benzene rings is 1. The molecule has 5 aromatic heterocycles. The van der Waals surface area contributed by atoms with Crippen LogP contribution in [-0.4, -0.2) is 124 Å². The maximum atomic E-state index is 15.6. The highest BCUT2D eigenvalue weighted by Gasteiger charge is 2.60. The number of imide groups is 1. The van der Waals surface area contributed by atoms with Gasteiger partial charge < -0.3 is 25.0 Å². The predicted molar refractivity (Wildman–Crippen MR) is 238 cm³/mol. The molecule has 2 N–H and O–H groups in total. The summed E-state index contributed by atoms with van der Waals surface area (Å²) in [4.78, 5) is 49.6. The molecule has 19 nitrogen and oxygen atoms in total. The second-order valence-corrected chi connectivity index (χ2v) is 18.6. The highest BCUT2D eigenvalue weighted by molar-refractivity contribution is 6.11. The van der Waals surface area contributed by atoms with E-state index < -0.39 is 35.2 Å². The van der Waals surface area contributed by atoms with Gasteiger partial charge in [-0.15, -0.1) is 5.10 Å². The van der Waals surface area contributed by atoms with Crippen molar-refractivity contribution < 1.29 is 28.2 Å². The Kier molecular flexibility index (Phi) is 10.8. The number of anilines is 2. The number of carbonyl (C=O) groups is 2. The third-order valence-corrected chi connectivity index (χ3v) is 15.3. The van der Waals surface area contributed by atoms with Crippen LogP contribution in [0.25, 0.3) is 33.6 Å². The molecule has 1 aliphatic carbocycles. The molecule has 1 saturated carbocycles. The van der Waals surface area contributed by atoms with Gasteiger partial charge in [0.05, 0.1) is 72.3 Å². The van der Waals surface area contributed by atoms with E-state index in [9.17, 15) is 19.5 Å². The van der Waals surface area contributed by atoms with Crippen LogP contribution in [0, 0.1) is 11.3 Å². The lowest BCUT2D eigenvalue weighted by Crippen LogP contribution is -2.67. The summed E-state index contributed by atoms with van der Waals surface area (Å²) in [5, 5.41) is 33.0. The predicted octanol–water partition coefficient (Wildman–Crippen LogP) is 3.69. The fraction of sp³-hybridized carbons (Fsp3) is 0.556. The molecule has 2 amide bonds. The normalized spacial score (nSPS) is 23.3. The van der Waals surface area contributed by atoms with Crippen molar-refractivity contribution in [3.05, 3.63) is 65.2 Å². The van der Waals surface area contributed by atoms with Crippen molar-refractivity contribution in [3.63, 3.8) is 0 Å². The zero-order valence-corrected chi connectivity index (χ0v) is 36.9. The Morgan fingerprint density at radius 2 is 1.77 bits per heavy atom. The summed E-state index contributed by atoms with van der Waals surface area (Å²) in [7, 11) is 1.66. The molecule has 5 fully saturated rings. The second-order valence-electron chi connectivity index (χ2n) is 18.6. The Morgan fingerprint density at radius 3 is 2.55 bits per heavy atom. The molecule has 0 bridgehead atoms. The number of rotatable bonds is 9. The zero-order valence-electron chi connectivity index (χ0n) is 36.9. The van der Waals surface area contributed by atoms with Crippen molar-refractivity contribution >= 4 is 40.0 Å². The molecule has 9 heterocycles. The summed E-state index contributed by atoms with van der Waals surface area (Å²) in [5.41, 5.74) is 1.39. The third kappa shape index (κ3) is 6.66. The van der Waals surface area contributed by atoms with Crippen LogP contribution >= 0.6 is 0 Å². The van der Waals surface area contributed by atoms with Gasteiger partial charge in [-0.2, -0.15) is 19.9 Å². The number of aliphatic hydroxyl groups excluding tert-OH is 1. The van der Waals surface area contributed by atoms with E-state index in [0.717, 1.165) is 75.2 Å². The minimum Gasteiger partial charge on any atom is -0.394 e. The summed E-state index contributed by atoms with van der Waals surface area (Å²) in [6.07, 6.45) is 12.0. The van der Waals surface area contributed by atoms with Gasteiger partial charge in [-0.25, -0.2) is 27.8 Å². The first-order valence-electron chi connectivity index (χ1n) is 23.3. The number of carbonyl (C=O) groups excluding carboxylic acids is 2. The lowest BCUT2D eigenvalue weighted by Gasteiger charge is -2.62. The van der Waals surface area contributed by atoms with Crippen LogP contribution in [0.1, 0.15) is 82.7 Å². The molecule has 4 saturated heterocycles. The van der Waals surface area contributed by atoms with E-state index in [2.05, 4.69) is 25.6 Å². The minimum atomic E-state index is -2.93. The largest absolute Gasteiger partial charge is 0.394 e. The number of para-hydroxylation sites is 1. The van der Waals surface area contributed by atoms with Crippen molar-refractivity contribution in [3.8, 4) is 16.9 Å². The fourth-order valence-electron chi connectivity index (χ4n) is 12.1. The lowest BCUT2D eigenvalue weighted by atomic mass is 9.53. The molecule has 1 aromatic carbocycles. The first-order valence-corrected chi connectivity index (χ1v) is 23.3. The van der Waals surface area contributed by atoms with Crippen LogP contribution in [0.2, 0.25) is 0 Å². The van der Waals surface area contributed by atoms with Crippen LogP contribution in [0.5, 0.6) is 0 Å². The van der Waals surface area contributed by atoms with Crippen LogP contribution < -0.4 is 25.8 Å². The van der Waals surface area contributed by atoms with Gasteiger partial charge in [0.25, 0.3) is 6.43 Å². The number of nitrogens with one attached hydrogen (secondary N) is 1. The number of nitrogens with zero attached hydrogens (tertiary/aromatic N) is 13. The molecular weight excluding hydrogens is 855 g/mol. The van der Waals surface area contributed by atoms with Gasteiger partial charge >= 0.3 is 5.69 Å². The smallest absolute Gasteiger partial charge is 0.348 e. The van der Waals surface area contributed by atoms with E-state index in [1.807, 2.05) is 27.8 Å². The molecule has 1 spiro atoms. The summed E-state index contributed by atoms with van der Waals surface area (Å²) in [6.45, 7) is 3.96. The number of morpholine rings is 1. The molecule has 0 radical (unpaired) electrons. The van der Waals surface area contributed by atoms with Crippen molar-refractivity contribution in [2.45, 2.75) is 88.6 Å². The second kappa shape index (κ2) is 16.7. The number of hydrogen-bond donors (Lipinski definition) is 2. The molecule has 66 heavy (non-hydrogen) atoms. The topological polar surface area (TPSA) is 191 Å². The molecule has 21 heteroatoms. The molecule has 6 aromatic rings. The van der Waals surface area contributed by atoms with Gasteiger partial charge in [0.1, 0.15) is 17.2 Å². The van der Waals surface area contributed by atoms with Crippen molar-refractivity contribution in [1.82, 2.24) is 53.9 Å². The van der Waals surface area contributed by atoms with Crippen LogP contribution in [0.4, 0.5) is 20.3 Å². The van der Waals surface area contributed by atoms with Gasteiger partial charge in [-0.3, -0.25) is 18.8 Å². The summed E-state index contributed by atoms with van der Waals surface area (Å²) in [5.74, 6) is -0.0986. The standard InChI is InChI=1S/C45H54F2N14O5/c1-54-40-33(9-5-10-34(40)60(43(54)65)61-37(63)11-6-12-38(61)64)55-20-16-44(14-17-48-18-15-44)45(28-55,29-7-3-2-4-8-29)59-25-35(39(52-59)41(46)47)58-24-32(51-53-58)31-23-49-57-19-13-36(50-42(31)57)56-21-22-66-27-30(56)26-62/h5,9-10,13,19,23-25,29-30,41,48,62H,2-4,6-8,11-12,14-18,20-22,26-28H2,1H3/t30-,45-/m0/s1. The van der Waals surface area contributed by atoms with E-state index in [1.54, 1.807) is 42.4 Å². The number of aryl methyl sites for hydroxylation is 1. The van der Waals surface area contributed by atoms with Gasteiger partial charge in [0, 0.05) is 51.1 Å². The Labute approximate surface area is 377 Å². The number of piperidine rings is 3. The Morgan fingerprint density at radius 1 is 0.970 bits per heavy atom. The van der Waals surface area contributed by atoms with Crippen molar-refractivity contribution in [2.75, 3.05) is 67.4 Å². The number of hydrogen-bond acceptors (Lipinski definition) is 13. The van der Waals surface area contributed by atoms with E-state index >= 15 is 8.78 Å². The quantitative estimate of drug-likeness (QED) is 0.200. The molecular formula is C45H54F2N14O5. The highest BCUT2D eigenvalue weighted by Crippen LogP contribution is 2.58. The zero-order chi connectivity index (χ0) is 45.3. The van der Waals surface area contributed by atoms with Gasteiger partial charge in [0.2, 0.25) is 11.8 Å². The number of amides is 2. The Bertz CT molecular complexity index is 2860. The van der Waals surface area contributed by atoms with E-state index in [0.29, 0.717) is 73.0 Å². The summed E-state index contributed by atoms with van der Waals surface area (Å²) < 4.78 is 44.3. The average Bonchev–Trinajstić information content (AvgIpc) is 4.16. The van der Waals surface area contributed by atoms with E-state index in [1.165, 1.54) is 13.9 Å². The van der Waals surface area contributed by atoms with Gasteiger partial charge in [0.15, 0.2) is 11.3 Å². The number of fused-ring (bicyclic) bond motifs is 2. The Balaban J connectivity index is 1.03. The first kappa shape index (κ1) is 42.6. The number of aliphatic hydroxyl groups is 1. The average molecular weight is 909 g/mol. The number of ether oxygens (including phenoxy) is 1. The van der Waals surface area contributed by atoms with Crippen LogP contribution in [0.15, 0.2) is 53.8 Å². The van der Waals surface area contributed by atoms with Crippen molar-refractivity contribution in [1.29, 1.82) is 0 Å². The van der Waals surface area contributed by atoms with E-state index in [4.69, 9.17) is 14.8 Å². The fourth-order valence-corrected chi connectivity index (χ4v) is 12.1. The molecule has 0 unspecified atom stereocenters. The van der Waals surface area contributed by atoms with Crippen LogP contribution in [0.3, 0.4) is 0 Å². The molecule has 2 atom stereocenters. The number of imidazole rings is 1. The number of aromatic nitrogens is 10. The van der Waals surface area contributed by atoms with E-state index in [-0.39, 0.29) is 42.5 Å². The minimum absolute atomic E-state index is 0.0869. The third-order valence-electron chi connectivity index (χ3n) is 15.3. The number of halogens is 2. The SMILES string of the molecule is Cn1c(=O)n(N2C(=O)CCCC2=O)c2cccc(N3CCC4(CCNCC4)[C@](C4CCCCC4)(n4cc(-n5cc(-c6cnn7ccc(N8CCOC[C@@H]8CO)nc67)nn5)c(C(F)F)n4)C3)c21. The Hall–Kier alpha value is -6.06. The maximum Gasteiger partial charge on any atom is 0.348 e. The molecule has 11 rings (SSSR count).